The van der Waals surface area contributed by atoms with Crippen molar-refractivity contribution < 1.29 is 14.3 Å². The van der Waals surface area contributed by atoms with E-state index in [1.54, 1.807) is 7.11 Å². The fourth-order valence-corrected chi connectivity index (χ4v) is 8.17. The maximum Gasteiger partial charge on any atom is 0.222 e. The topological polar surface area (TPSA) is 46.6 Å². The van der Waals surface area contributed by atoms with Crippen molar-refractivity contribution in [3.05, 3.63) is 29.3 Å². The summed E-state index contributed by atoms with van der Waals surface area (Å²) in [5, 5.41) is 0. The van der Waals surface area contributed by atoms with E-state index >= 15 is 0 Å². The first kappa shape index (κ1) is 22.9. The van der Waals surface area contributed by atoms with Crippen LogP contribution in [0.15, 0.2) is 18.2 Å². The molecule has 5 atom stereocenters. The van der Waals surface area contributed by atoms with Gasteiger partial charge in [-0.3, -0.25) is 9.59 Å². The Morgan fingerprint density at radius 2 is 1.94 bits per heavy atom. The van der Waals surface area contributed by atoms with E-state index < -0.39 is 0 Å². The number of ether oxygens (including phenoxy) is 1. The number of benzene rings is 1. The molecule has 33 heavy (non-hydrogen) atoms. The molecule has 0 N–H and O–H groups in total. The summed E-state index contributed by atoms with van der Waals surface area (Å²) in [6, 6.07) is 7.03. The monoisotopic (exact) mass is 451 g/mol. The molecule has 0 aromatic heterocycles. The third-order valence-corrected chi connectivity index (χ3v) is 10.0. The molecule has 0 spiro atoms. The van der Waals surface area contributed by atoms with Crippen molar-refractivity contribution in [1.82, 2.24) is 4.90 Å². The number of aryl methyl sites for hydroxylation is 1. The number of hydrogen-bond donors (Lipinski definition) is 0. The number of methoxy groups -OCH3 is 1. The zero-order chi connectivity index (χ0) is 23.2. The Kier molecular flexibility index (Phi) is 6.30. The minimum absolute atomic E-state index is 0.186. The molecule has 4 heteroatoms. The van der Waals surface area contributed by atoms with Crippen LogP contribution in [0.1, 0.15) is 94.6 Å². The van der Waals surface area contributed by atoms with Crippen LogP contribution in [0.3, 0.4) is 0 Å². The number of rotatable bonds is 5. The van der Waals surface area contributed by atoms with Crippen LogP contribution in [0.25, 0.3) is 0 Å². The lowest BCUT2D eigenvalue weighted by Gasteiger charge is -2.50. The van der Waals surface area contributed by atoms with Gasteiger partial charge in [0, 0.05) is 31.3 Å². The summed E-state index contributed by atoms with van der Waals surface area (Å²) in [5.74, 6) is 3.59. The summed E-state index contributed by atoms with van der Waals surface area (Å²) < 4.78 is 5.47. The average molecular weight is 452 g/mol. The summed E-state index contributed by atoms with van der Waals surface area (Å²) in [4.78, 5) is 28.3. The third-order valence-electron chi connectivity index (χ3n) is 10.0. The van der Waals surface area contributed by atoms with Crippen molar-refractivity contribution in [2.45, 2.75) is 95.9 Å². The van der Waals surface area contributed by atoms with Gasteiger partial charge in [0.25, 0.3) is 0 Å². The summed E-state index contributed by atoms with van der Waals surface area (Å²) >= 11 is 0. The lowest BCUT2D eigenvalue weighted by Crippen LogP contribution is -2.44. The normalized spacial score (nSPS) is 33.7. The van der Waals surface area contributed by atoms with Gasteiger partial charge in [-0.25, -0.2) is 0 Å². The fraction of sp³-hybridized carbons (Fsp3) is 0.724. The molecule has 1 aromatic rings. The summed E-state index contributed by atoms with van der Waals surface area (Å²) in [5.41, 5.74) is 2.73. The summed E-state index contributed by atoms with van der Waals surface area (Å²) in [7, 11) is 3.74. The Balaban J connectivity index is 1.31. The predicted octanol–water partition coefficient (Wildman–Crippen LogP) is 5.92. The molecular formula is C29H41NO3. The van der Waals surface area contributed by atoms with E-state index in [1.165, 1.54) is 30.4 Å². The van der Waals surface area contributed by atoms with Crippen molar-refractivity contribution in [3.8, 4) is 5.75 Å². The van der Waals surface area contributed by atoms with Gasteiger partial charge in [0.1, 0.15) is 11.5 Å². The predicted molar refractivity (Wildman–Crippen MR) is 130 cm³/mol. The van der Waals surface area contributed by atoms with Crippen LogP contribution in [-0.2, 0) is 16.0 Å². The van der Waals surface area contributed by atoms with Gasteiger partial charge < -0.3 is 9.64 Å². The van der Waals surface area contributed by atoms with Gasteiger partial charge in [-0.1, -0.05) is 32.3 Å². The van der Waals surface area contributed by atoms with Gasteiger partial charge in [0.2, 0.25) is 5.91 Å². The van der Waals surface area contributed by atoms with Crippen LogP contribution in [0.5, 0.6) is 5.75 Å². The van der Waals surface area contributed by atoms with Crippen molar-refractivity contribution in [3.63, 3.8) is 0 Å². The number of nitrogens with zero attached hydrogens (tertiary/aromatic N) is 1. The maximum atomic E-state index is 13.3. The van der Waals surface area contributed by atoms with Crippen molar-refractivity contribution >= 4 is 11.7 Å². The van der Waals surface area contributed by atoms with Gasteiger partial charge >= 0.3 is 0 Å². The maximum absolute atomic E-state index is 13.3. The van der Waals surface area contributed by atoms with E-state index in [0.717, 1.165) is 50.7 Å². The number of hydrogen-bond acceptors (Lipinski definition) is 3. The lowest BCUT2D eigenvalue weighted by atomic mass is 9.54. The van der Waals surface area contributed by atoms with E-state index in [0.29, 0.717) is 48.3 Å². The Morgan fingerprint density at radius 3 is 2.70 bits per heavy atom. The molecule has 3 saturated carbocycles. The smallest absolute Gasteiger partial charge is 0.222 e. The highest BCUT2D eigenvalue weighted by Crippen LogP contribution is 2.62. The zero-order valence-electron chi connectivity index (χ0n) is 20.8. The standard InChI is InChI=1S/C29H41NO3/c1-29-16-15-24-23-13-11-22(33-3)17-19(23)9-12-25(24)28(29)20(18-26(29)31)10-14-27(32)30(2)21-7-5-4-6-8-21/h11,13,17,20-21,24-25,28H,4-10,12,14-16,18H2,1-3H3/t20?,24-,25?,28+,29?/m1/s1. The first-order valence-corrected chi connectivity index (χ1v) is 13.4. The van der Waals surface area contributed by atoms with E-state index in [-0.39, 0.29) is 11.3 Å². The van der Waals surface area contributed by atoms with Crippen LogP contribution in [0.4, 0.5) is 0 Å². The van der Waals surface area contributed by atoms with Gasteiger partial charge in [-0.2, -0.15) is 0 Å². The molecule has 0 heterocycles. The Labute approximate surface area is 199 Å². The molecule has 0 radical (unpaired) electrons. The molecule has 3 fully saturated rings. The number of carbonyl (C=O) groups is 2. The molecule has 0 aliphatic heterocycles. The van der Waals surface area contributed by atoms with Crippen LogP contribution in [-0.4, -0.2) is 36.8 Å². The molecule has 5 rings (SSSR count). The van der Waals surface area contributed by atoms with Gasteiger partial charge in [-0.05, 0) is 91.9 Å². The second kappa shape index (κ2) is 9.07. The summed E-state index contributed by atoms with van der Waals surface area (Å²) in [6.45, 7) is 2.25. The third kappa shape index (κ3) is 4.02. The first-order chi connectivity index (χ1) is 15.9. The number of ketones is 1. The van der Waals surface area contributed by atoms with Crippen molar-refractivity contribution in [2.75, 3.05) is 14.2 Å². The van der Waals surface area contributed by atoms with E-state index in [9.17, 15) is 9.59 Å². The van der Waals surface area contributed by atoms with E-state index in [2.05, 4.69) is 25.1 Å². The van der Waals surface area contributed by atoms with Gasteiger partial charge in [-0.15, -0.1) is 0 Å². The number of carbonyl (C=O) groups excluding carboxylic acids is 2. The van der Waals surface area contributed by atoms with E-state index in [1.807, 2.05) is 11.9 Å². The van der Waals surface area contributed by atoms with Crippen LogP contribution in [0, 0.1) is 23.2 Å². The second-order valence-electron chi connectivity index (χ2n) is 11.6. The lowest BCUT2D eigenvalue weighted by molar-refractivity contribution is -0.133. The Bertz CT molecular complexity index is 904. The largest absolute Gasteiger partial charge is 0.497 e. The Hall–Kier alpha value is -1.84. The molecule has 180 valence electrons. The number of amides is 1. The highest BCUT2D eigenvalue weighted by Gasteiger charge is 2.58. The zero-order valence-corrected chi connectivity index (χ0v) is 20.8. The van der Waals surface area contributed by atoms with Crippen molar-refractivity contribution in [1.29, 1.82) is 0 Å². The molecule has 0 saturated heterocycles. The van der Waals surface area contributed by atoms with Crippen LogP contribution >= 0.6 is 0 Å². The highest BCUT2D eigenvalue weighted by molar-refractivity contribution is 5.88. The number of Topliss-reactive ketones (excluding diaryl/α,β-unsaturated/α-hetero) is 1. The summed E-state index contributed by atoms with van der Waals surface area (Å²) in [6.07, 6.45) is 12.6. The second-order valence-corrected chi connectivity index (χ2v) is 11.6. The SMILES string of the molecule is COc1ccc2c(c1)CCC1[C@@H]3C(CCC(=O)N(C)C4CCCCC4)CC(=O)C3(C)CC[C@H]21. The quantitative estimate of drug-likeness (QED) is 0.558. The first-order valence-electron chi connectivity index (χ1n) is 13.4. The van der Waals surface area contributed by atoms with Gasteiger partial charge in [0.05, 0.1) is 7.11 Å². The van der Waals surface area contributed by atoms with Crippen molar-refractivity contribution in [2.24, 2.45) is 23.2 Å². The molecule has 4 aliphatic carbocycles. The molecule has 4 aliphatic rings. The molecule has 1 aromatic carbocycles. The fourth-order valence-electron chi connectivity index (χ4n) is 8.17. The molecule has 0 bridgehead atoms. The number of fused-ring (bicyclic) bond motifs is 5. The van der Waals surface area contributed by atoms with Crippen LogP contribution < -0.4 is 4.74 Å². The highest BCUT2D eigenvalue weighted by atomic mass is 16.5. The molecule has 1 amide bonds. The van der Waals surface area contributed by atoms with Crippen LogP contribution in [0.2, 0.25) is 0 Å². The average Bonchev–Trinajstić information content (AvgIpc) is 3.11. The van der Waals surface area contributed by atoms with E-state index in [4.69, 9.17) is 4.74 Å². The Morgan fingerprint density at radius 1 is 1.15 bits per heavy atom. The van der Waals surface area contributed by atoms with Gasteiger partial charge in [0.15, 0.2) is 0 Å². The molecule has 3 unspecified atom stereocenters. The molecule has 4 nitrogen and oxygen atoms in total. The minimum Gasteiger partial charge on any atom is -0.497 e. The minimum atomic E-state index is -0.186. The molecular weight excluding hydrogens is 410 g/mol.